The molecule has 1 fully saturated rings. The molecule has 1 aliphatic rings. The summed E-state index contributed by atoms with van der Waals surface area (Å²) in [6.45, 7) is 2.37. The SMILES string of the molecule is CC(=O)c1cccc(NC(=O)NCC(O)CN2CCCC2=O)c1. The number of nitrogens with zero attached hydrogens (tertiary/aromatic N) is 1. The number of likely N-dealkylation sites (tertiary alicyclic amines) is 1. The van der Waals surface area contributed by atoms with Crippen molar-refractivity contribution in [2.24, 2.45) is 0 Å². The second-order valence-corrected chi connectivity index (χ2v) is 5.57. The van der Waals surface area contributed by atoms with Crippen molar-refractivity contribution in [3.05, 3.63) is 29.8 Å². The number of nitrogens with one attached hydrogen (secondary N) is 2. The van der Waals surface area contributed by atoms with Gasteiger partial charge in [0.05, 0.1) is 6.10 Å². The molecule has 0 aliphatic carbocycles. The van der Waals surface area contributed by atoms with E-state index in [2.05, 4.69) is 10.6 Å². The second-order valence-electron chi connectivity index (χ2n) is 5.57. The molecule has 1 aromatic carbocycles. The van der Waals surface area contributed by atoms with Crippen LogP contribution in [0.5, 0.6) is 0 Å². The molecular weight excluding hydrogens is 298 g/mol. The number of ketones is 1. The molecular formula is C16H21N3O4. The minimum atomic E-state index is -0.814. The van der Waals surface area contributed by atoms with Gasteiger partial charge in [0.15, 0.2) is 5.78 Å². The van der Waals surface area contributed by atoms with Crippen LogP contribution in [0.25, 0.3) is 0 Å². The van der Waals surface area contributed by atoms with E-state index in [1.165, 1.54) is 6.92 Å². The highest BCUT2D eigenvalue weighted by molar-refractivity contribution is 5.96. The molecule has 1 unspecified atom stereocenters. The zero-order valence-electron chi connectivity index (χ0n) is 13.0. The van der Waals surface area contributed by atoms with E-state index in [0.29, 0.717) is 24.2 Å². The molecule has 0 saturated carbocycles. The van der Waals surface area contributed by atoms with E-state index < -0.39 is 12.1 Å². The van der Waals surface area contributed by atoms with E-state index in [4.69, 9.17) is 0 Å². The van der Waals surface area contributed by atoms with E-state index in [1.54, 1.807) is 29.2 Å². The molecule has 0 spiro atoms. The highest BCUT2D eigenvalue weighted by Gasteiger charge is 2.22. The maximum atomic E-state index is 11.8. The van der Waals surface area contributed by atoms with Crippen LogP contribution in [0.15, 0.2) is 24.3 Å². The number of aliphatic hydroxyl groups excluding tert-OH is 1. The number of carbonyl (C=O) groups is 3. The van der Waals surface area contributed by atoms with Crippen LogP contribution in [-0.2, 0) is 4.79 Å². The van der Waals surface area contributed by atoms with Gasteiger partial charge in [0.2, 0.25) is 5.91 Å². The van der Waals surface area contributed by atoms with Crippen LogP contribution in [0.3, 0.4) is 0 Å². The molecule has 1 saturated heterocycles. The number of amides is 3. The molecule has 0 radical (unpaired) electrons. The number of hydrogen-bond acceptors (Lipinski definition) is 4. The van der Waals surface area contributed by atoms with Crippen molar-refractivity contribution < 1.29 is 19.5 Å². The predicted molar refractivity (Wildman–Crippen MR) is 85.3 cm³/mol. The smallest absolute Gasteiger partial charge is 0.319 e. The van der Waals surface area contributed by atoms with Crippen molar-refractivity contribution in [3.8, 4) is 0 Å². The predicted octanol–water partition coefficient (Wildman–Crippen LogP) is 0.994. The lowest BCUT2D eigenvalue weighted by Crippen LogP contribution is -2.41. The summed E-state index contributed by atoms with van der Waals surface area (Å²) in [5.41, 5.74) is 1.01. The first-order chi connectivity index (χ1) is 11.0. The molecule has 1 heterocycles. The van der Waals surface area contributed by atoms with Gasteiger partial charge < -0.3 is 20.6 Å². The van der Waals surface area contributed by atoms with Gasteiger partial charge in [0.1, 0.15) is 0 Å². The molecule has 7 nitrogen and oxygen atoms in total. The molecule has 124 valence electrons. The number of benzene rings is 1. The Labute approximate surface area is 134 Å². The van der Waals surface area contributed by atoms with Gasteiger partial charge in [-0.05, 0) is 25.5 Å². The van der Waals surface area contributed by atoms with Gasteiger partial charge in [0, 0.05) is 37.3 Å². The molecule has 3 N–H and O–H groups in total. The molecule has 3 amide bonds. The molecule has 1 aromatic rings. The average molecular weight is 319 g/mol. The number of urea groups is 1. The van der Waals surface area contributed by atoms with Crippen LogP contribution in [-0.4, -0.2) is 53.5 Å². The fraction of sp³-hybridized carbons (Fsp3) is 0.438. The Morgan fingerprint density at radius 3 is 2.83 bits per heavy atom. The fourth-order valence-corrected chi connectivity index (χ4v) is 2.42. The number of β-amino-alcohol motifs (C(OH)–C–C–N with tert-alkyl or cyclic N) is 1. The Hall–Kier alpha value is -2.41. The van der Waals surface area contributed by atoms with Gasteiger partial charge in [-0.25, -0.2) is 4.79 Å². The third-order valence-corrected chi connectivity index (χ3v) is 3.63. The number of Topliss-reactive ketones (excluding diaryl/α,β-unsaturated/α-hetero) is 1. The maximum absolute atomic E-state index is 11.8. The number of hydrogen-bond donors (Lipinski definition) is 3. The van der Waals surface area contributed by atoms with Crippen molar-refractivity contribution in [1.29, 1.82) is 0 Å². The van der Waals surface area contributed by atoms with E-state index in [-0.39, 0.29) is 24.8 Å². The normalized spacial score (nSPS) is 15.4. The Morgan fingerprint density at radius 1 is 1.39 bits per heavy atom. The van der Waals surface area contributed by atoms with Gasteiger partial charge in [-0.15, -0.1) is 0 Å². The number of rotatable bonds is 6. The van der Waals surface area contributed by atoms with Crippen LogP contribution in [0.4, 0.5) is 10.5 Å². The van der Waals surface area contributed by atoms with Crippen LogP contribution in [0.1, 0.15) is 30.1 Å². The van der Waals surface area contributed by atoms with E-state index >= 15 is 0 Å². The zero-order valence-corrected chi connectivity index (χ0v) is 13.0. The lowest BCUT2D eigenvalue weighted by molar-refractivity contribution is -0.128. The van der Waals surface area contributed by atoms with Gasteiger partial charge in [-0.2, -0.15) is 0 Å². The van der Waals surface area contributed by atoms with Crippen molar-refractivity contribution >= 4 is 23.4 Å². The Bertz CT molecular complexity index is 603. The van der Waals surface area contributed by atoms with Crippen molar-refractivity contribution in [3.63, 3.8) is 0 Å². The van der Waals surface area contributed by atoms with Crippen molar-refractivity contribution in [2.45, 2.75) is 25.9 Å². The average Bonchev–Trinajstić information content (AvgIpc) is 2.90. The first kappa shape index (κ1) is 17.0. The standard InChI is InChI=1S/C16H21N3O4/c1-11(20)12-4-2-5-13(8-12)18-16(23)17-9-14(21)10-19-7-3-6-15(19)22/h2,4-5,8,14,21H,3,6-7,9-10H2,1H3,(H2,17,18,23). The Kier molecular flexibility index (Phi) is 5.70. The van der Waals surface area contributed by atoms with Crippen LogP contribution in [0.2, 0.25) is 0 Å². The van der Waals surface area contributed by atoms with Gasteiger partial charge in [-0.1, -0.05) is 12.1 Å². The third-order valence-electron chi connectivity index (χ3n) is 3.63. The van der Waals surface area contributed by atoms with E-state index in [9.17, 15) is 19.5 Å². The van der Waals surface area contributed by atoms with Crippen LogP contribution >= 0.6 is 0 Å². The third kappa shape index (κ3) is 5.07. The van der Waals surface area contributed by atoms with Gasteiger partial charge in [-0.3, -0.25) is 9.59 Å². The van der Waals surface area contributed by atoms with E-state index in [1.807, 2.05) is 0 Å². The first-order valence-electron chi connectivity index (χ1n) is 7.57. The summed E-state index contributed by atoms with van der Waals surface area (Å²) in [7, 11) is 0. The molecule has 1 aliphatic heterocycles. The summed E-state index contributed by atoms with van der Waals surface area (Å²) in [5, 5.41) is 15.0. The molecule has 1 atom stereocenters. The van der Waals surface area contributed by atoms with Crippen LogP contribution < -0.4 is 10.6 Å². The van der Waals surface area contributed by atoms with E-state index in [0.717, 1.165) is 6.42 Å². The number of aliphatic hydroxyl groups is 1. The minimum Gasteiger partial charge on any atom is -0.389 e. The van der Waals surface area contributed by atoms with Crippen molar-refractivity contribution in [2.75, 3.05) is 25.0 Å². The summed E-state index contributed by atoms with van der Waals surface area (Å²) in [6, 6.07) is 6.13. The quantitative estimate of drug-likeness (QED) is 0.681. The Balaban J connectivity index is 1.77. The number of carbonyl (C=O) groups excluding carboxylic acids is 3. The molecule has 0 bridgehead atoms. The van der Waals surface area contributed by atoms with Crippen LogP contribution in [0, 0.1) is 0 Å². The summed E-state index contributed by atoms with van der Waals surface area (Å²) in [5.74, 6) is -0.0469. The summed E-state index contributed by atoms with van der Waals surface area (Å²) in [6.07, 6.45) is 0.519. The van der Waals surface area contributed by atoms with Gasteiger partial charge in [0.25, 0.3) is 0 Å². The fourth-order valence-electron chi connectivity index (χ4n) is 2.42. The molecule has 0 aromatic heterocycles. The van der Waals surface area contributed by atoms with Gasteiger partial charge >= 0.3 is 6.03 Å². The molecule has 7 heteroatoms. The highest BCUT2D eigenvalue weighted by atomic mass is 16.3. The monoisotopic (exact) mass is 319 g/mol. The lowest BCUT2D eigenvalue weighted by Gasteiger charge is -2.20. The first-order valence-corrected chi connectivity index (χ1v) is 7.57. The zero-order chi connectivity index (χ0) is 16.8. The van der Waals surface area contributed by atoms with Crippen molar-refractivity contribution in [1.82, 2.24) is 10.2 Å². The Morgan fingerprint density at radius 2 is 2.17 bits per heavy atom. The second kappa shape index (κ2) is 7.73. The summed E-state index contributed by atoms with van der Waals surface area (Å²) < 4.78 is 0. The largest absolute Gasteiger partial charge is 0.389 e. The topological polar surface area (TPSA) is 98.7 Å². The highest BCUT2D eigenvalue weighted by Crippen LogP contribution is 2.11. The molecule has 23 heavy (non-hydrogen) atoms. The number of anilines is 1. The minimum absolute atomic E-state index is 0.0366. The maximum Gasteiger partial charge on any atom is 0.319 e. The summed E-state index contributed by atoms with van der Waals surface area (Å²) >= 11 is 0. The lowest BCUT2D eigenvalue weighted by atomic mass is 10.1. The summed E-state index contributed by atoms with van der Waals surface area (Å²) in [4.78, 5) is 36.2. The molecule has 2 rings (SSSR count).